The van der Waals surface area contributed by atoms with Crippen LogP contribution in [-0.4, -0.2) is 20.7 Å². The lowest BCUT2D eigenvalue weighted by atomic mass is 10.1. The van der Waals surface area contributed by atoms with Crippen molar-refractivity contribution in [2.75, 3.05) is 0 Å². The van der Waals surface area contributed by atoms with Crippen LogP contribution >= 0.6 is 11.8 Å². The molecule has 0 unspecified atom stereocenters. The van der Waals surface area contributed by atoms with Gasteiger partial charge in [0, 0.05) is 16.5 Å². The molecule has 0 aliphatic heterocycles. The number of hydrogen-bond acceptors (Lipinski definition) is 6. The number of rotatable bonds is 6. The van der Waals surface area contributed by atoms with Gasteiger partial charge in [-0.2, -0.15) is 9.78 Å². The number of nitro benzene ring substituents is 1. The molecular formula is C24H19N3O4S. The molecule has 160 valence electrons. The molecule has 0 N–H and O–H groups in total. The number of hydrogen-bond donors (Lipinski definition) is 0. The van der Waals surface area contributed by atoms with Gasteiger partial charge in [-0.1, -0.05) is 54.2 Å². The van der Waals surface area contributed by atoms with E-state index in [4.69, 9.17) is 4.74 Å². The second-order valence-electron chi connectivity index (χ2n) is 6.98. The maximum Gasteiger partial charge on any atom is 0.345 e. The molecule has 4 aromatic rings. The van der Waals surface area contributed by atoms with Crippen LogP contribution in [0.15, 0.2) is 88.7 Å². The zero-order chi connectivity index (χ0) is 22.7. The summed E-state index contributed by atoms with van der Waals surface area (Å²) < 4.78 is 7.42. The van der Waals surface area contributed by atoms with Crippen molar-refractivity contribution >= 4 is 23.4 Å². The first-order valence-corrected chi connectivity index (χ1v) is 10.6. The van der Waals surface area contributed by atoms with Gasteiger partial charge in [0.1, 0.15) is 0 Å². The van der Waals surface area contributed by atoms with E-state index < -0.39 is 10.9 Å². The molecule has 0 amide bonds. The van der Waals surface area contributed by atoms with E-state index in [1.807, 2.05) is 67.6 Å². The van der Waals surface area contributed by atoms with Crippen LogP contribution in [0, 0.1) is 24.0 Å². The van der Waals surface area contributed by atoms with Gasteiger partial charge in [0.05, 0.1) is 26.8 Å². The average Bonchev–Trinajstić information content (AvgIpc) is 3.10. The SMILES string of the molecule is Cc1nn(-c2ccccc2)c(OC(=O)c2cccc([N+](=O)[O-])c2C)c1Sc1ccccc1. The molecule has 0 aliphatic rings. The second-order valence-corrected chi connectivity index (χ2v) is 8.06. The highest BCUT2D eigenvalue weighted by Crippen LogP contribution is 2.39. The zero-order valence-corrected chi connectivity index (χ0v) is 18.2. The summed E-state index contributed by atoms with van der Waals surface area (Å²) in [6.07, 6.45) is 0. The van der Waals surface area contributed by atoms with E-state index >= 15 is 0 Å². The zero-order valence-electron chi connectivity index (χ0n) is 17.4. The summed E-state index contributed by atoms with van der Waals surface area (Å²) in [5.74, 6) is -0.420. The number of nitro groups is 1. The second kappa shape index (κ2) is 9.07. The summed E-state index contributed by atoms with van der Waals surface area (Å²) in [5, 5.41) is 15.9. The van der Waals surface area contributed by atoms with Crippen LogP contribution in [-0.2, 0) is 0 Å². The molecule has 32 heavy (non-hydrogen) atoms. The third kappa shape index (κ3) is 4.26. The van der Waals surface area contributed by atoms with E-state index in [1.165, 1.54) is 36.9 Å². The molecule has 0 spiro atoms. The number of carbonyl (C=O) groups excluding carboxylic acids is 1. The van der Waals surface area contributed by atoms with Crippen LogP contribution in [0.4, 0.5) is 5.69 Å². The summed E-state index contributed by atoms with van der Waals surface area (Å²) in [4.78, 5) is 25.5. The van der Waals surface area contributed by atoms with Crippen molar-refractivity contribution < 1.29 is 14.5 Å². The summed E-state index contributed by atoms with van der Waals surface area (Å²) in [7, 11) is 0. The Kier molecular flexibility index (Phi) is 6.04. The molecule has 0 aliphatic carbocycles. The van der Waals surface area contributed by atoms with Crippen molar-refractivity contribution in [3.63, 3.8) is 0 Å². The van der Waals surface area contributed by atoms with Crippen molar-refractivity contribution in [2.24, 2.45) is 0 Å². The van der Waals surface area contributed by atoms with E-state index in [9.17, 15) is 14.9 Å². The third-order valence-corrected chi connectivity index (χ3v) is 6.02. The fraction of sp³-hybridized carbons (Fsp3) is 0.0833. The van der Waals surface area contributed by atoms with Gasteiger partial charge in [-0.25, -0.2) is 4.79 Å². The molecule has 0 radical (unpaired) electrons. The highest BCUT2D eigenvalue weighted by atomic mass is 32.2. The van der Waals surface area contributed by atoms with Crippen molar-refractivity contribution in [1.29, 1.82) is 0 Å². The van der Waals surface area contributed by atoms with Gasteiger partial charge < -0.3 is 4.74 Å². The van der Waals surface area contributed by atoms with Crippen LogP contribution in [0.2, 0.25) is 0 Å². The summed E-state index contributed by atoms with van der Waals surface area (Å²) in [5.41, 5.74) is 1.68. The lowest BCUT2D eigenvalue weighted by Crippen LogP contribution is -2.14. The van der Waals surface area contributed by atoms with Crippen molar-refractivity contribution in [2.45, 2.75) is 23.6 Å². The lowest BCUT2D eigenvalue weighted by molar-refractivity contribution is -0.385. The van der Waals surface area contributed by atoms with Gasteiger partial charge in [-0.15, -0.1) is 0 Å². The molecule has 4 rings (SSSR count). The number of aromatic nitrogens is 2. The van der Waals surface area contributed by atoms with Crippen LogP contribution in [0.1, 0.15) is 21.6 Å². The standard InChI is InChI=1S/C24H19N3O4S/c1-16-20(14-9-15-21(16)27(29)30)24(28)31-23-22(32-19-12-7-4-8-13-19)17(2)25-26(23)18-10-5-3-6-11-18/h3-15H,1-2H3. The molecule has 0 saturated heterocycles. The topological polar surface area (TPSA) is 87.3 Å². The minimum absolute atomic E-state index is 0.133. The van der Waals surface area contributed by atoms with E-state index in [0.29, 0.717) is 10.6 Å². The van der Waals surface area contributed by atoms with Crippen LogP contribution in [0.3, 0.4) is 0 Å². The van der Waals surface area contributed by atoms with Crippen molar-refractivity contribution in [3.8, 4) is 11.6 Å². The smallest absolute Gasteiger partial charge is 0.345 e. The summed E-state index contributed by atoms with van der Waals surface area (Å²) in [6, 6.07) is 23.4. The monoisotopic (exact) mass is 445 g/mol. The van der Waals surface area contributed by atoms with E-state index in [1.54, 1.807) is 4.68 Å². The number of para-hydroxylation sites is 1. The first kappa shape index (κ1) is 21.3. The van der Waals surface area contributed by atoms with Gasteiger partial charge >= 0.3 is 5.97 Å². The highest BCUT2D eigenvalue weighted by molar-refractivity contribution is 7.99. The Hall–Kier alpha value is -3.91. The molecule has 3 aromatic carbocycles. The minimum Gasteiger partial charge on any atom is -0.402 e. The molecule has 1 heterocycles. The van der Waals surface area contributed by atoms with Crippen LogP contribution in [0.5, 0.6) is 5.88 Å². The first-order valence-electron chi connectivity index (χ1n) is 9.80. The van der Waals surface area contributed by atoms with Gasteiger partial charge in [0.25, 0.3) is 5.69 Å². The number of benzene rings is 3. The minimum atomic E-state index is -0.682. The number of nitrogens with zero attached hydrogens (tertiary/aromatic N) is 3. The van der Waals surface area contributed by atoms with Gasteiger partial charge in [-0.05, 0) is 44.2 Å². The van der Waals surface area contributed by atoms with Gasteiger partial charge in [0.2, 0.25) is 5.88 Å². The Morgan fingerprint density at radius 1 is 0.969 bits per heavy atom. The van der Waals surface area contributed by atoms with Crippen LogP contribution in [0.25, 0.3) is 5.69 Å². The average molecular weight is 446 g/mol. The Balaban J connectivity index is 1.79. The Bertz CT molecular complexity index is 1290. The molecule has 8 heteroatoms. The van der Waals surface area contributed by atoms with E-state index in [2.05, 4.69) is 5.10 Å². The van der Waals surface area contributed by atoms with E-state index in [0.717, 1.165) is 10.6 Å². The summed E-state index contributed by atoms with van der Waals surface area (Å²) >= 11 is 1.44. The molecule has 1 aromatic heterocycles. The van der Waals surface area contributed by atoms with Crippen LogP contribution < -0.4 is 4.74 Å². The predicted molar refractivity (Wildman–Crippen MR) is 122 cm³/mol. The highest BCUT2D eigenvalue weighted by Gasteiger charge is 2.25. The fourth-order valence-corrected chi connectivity index (χ4v) is 4.17. The quantitative estimate of drug-likeness (QED) is 0.213. The Morgan fingerprint density at radius 2 is 1.62 bits per heavy atom. The Morgan fingerprint density at radius 3 is 2.28 bits per heavy atom. The molecule has 7 nitrogen and oxygen atoms in total. The fourth-order valence-electron chi connectivity index (χ4n) is 3.23. The number of ether oxygens (including phenoxy) is 1. The maximum absolute atomic E-state index is 13.1. The maximum atomic E-state index is 13.1. The Labute approximate surface area is 188 Å². The number of esters is 1. The van der Waals surface area contributed by atoms with E-state index in [-0.39, 0.29) is 22.7 Å². The number of carbonyl (C=O) groups is 1. The molecular weight excluding hydrogens is 426 g/mol. The third-order valence-electron chi connectivity index (χ3n) is 4.84. The molecule has 0 atom stereocenters. The molecule has 0 fully saturated rings. The first-order chi connectivity index (χ1) is 15.5. The lowest BCUT2D eigenvalue weighted by Gasteiger charge is -2.11. The number of aryl methyl sites for hydroxylation is 1. The predicted octanol–water partition coefficient (Wildman–Crippen LogP) is 5.77. The van der Waals surface area contributed by atoms with Gasteiger partial charge in [-0.3, -0.25) is 10.1 Å². The molecule has 0 saturated carbocycles. The normalized spacial score (nSPS) is 10.7. The summed E-state index contributed by atoms with van der Waals surface area (Å²) in [6.45, 7) is 3.38. The van der Waals surface area contributed by atoms with Crippen molar-refractivity contribution in [1.82, 2.24) is 9.78 Å². The molecule has 0 bridgehead atoms. The van der Waals surface area contributed by atoms with Gasteiger partial charge in [0.15, 0.2) is 0 Å². The van der Waals surface area contributed by atoms with Crippen molar-refractivity contribution in [3.05, 3.63) is 106 Å². The largest absolute Gasteiger partial charge is 0.402 e.